The summed E-state index contributed by atoms with van der Waals surface area (Å²) < 4.78 is 0. The first-order valence-electron chi connectivity index (χ1n) is 3.76. The Morgan fingerprint density at radius 2 is 2.23 bits per heavy atom. The molecular formula is C10H8NO2. The third-order valence-electron chi connectivity index (χ3n) is 1.63. The molecule has 0 aliphatic heterocycles. The molecule has 0 aliphatic rings. The van der Waals surface area contributed by atoms with Crippen LogP contribution in [0.2, 0.25) is 0 Å². The van der Waals surface area contributed by atoms with E-state index >= 15 is 0 Å². The monoisotopic (exact) mass is 174 g/mol. The predicted molar refractivity (Wildman–Crippen MR) is 49.9 cm³/mol. The summed E-state index contributed by atoms with van der Waals surface area (Å²) in [6.45, 7) is 0. The highest BCUT2D eigenvalue weighted by atomic mass is 16.6. The quantitative estimate of drug-likeness (QED) is 0.399. The Morgan fingerprint density at radius 1 is 1.54 bits per heavy atom. The molecule has 0 amide bonds. The molecule has 0 unspecified atom stereocenters. The van der Waals surface area contributed by atoms with E-state index in [0.29, 0.717) is 12.0 Å². The van der Waals surface area contributed by atoms with Gasteiger partial charge in [-0.15, -0.1) is 12.3 Å². The minimum atomic E-state index is -0.403. The van der Waals surface area contributed by atoms with Gasteiger partial charge >= 0.3 is 0 Å². The van der Waals surface area contributed by atoms with Crippen LogP contribution in [0.1, 0.15) is 5.56 Å². The van der Waals surface area contributed by atoms with Crippen molar-refractivity contribution in [1.29, 1.82) is 0 Å². The highest BCUT2D eigenvalue weighted by Crippen LogP contribution is 2.18. The molecule has 0 heterocycles. The first-order valence-corrected chi connectivity index (χ1v) is 3.76. The molecule has 0 saturated carbocycles. The summed E-state index contributed by atoms with van der Waals surface area (Å²) in [6, 6.07) is 6.57. The number of hydrogen-bond donors (Lipinski definition) is 0. The van der Waals surface area contributed by atoms with Gasteiger partial charge in [0.2, 0.25) is 0 Å². The Morgan fingerprint density at radius 3 is 2.85 bits per heavy atom. The number of terminal acetylenes is 1. The number of benzene rings is 1. The van der Waals surface area contributed by atoms with Crippen LogP contribution in [0.15, 0.2) is 24.3 Å². The van der Waals surface area contributed by atoms with Crippen molar-refractivity contribution in [1.82, 2.24) is 0 Å². The molecule has 1 rings (SSSR count). The minimum Gasteiger partial charge on any atom is -0.258 e. The van der Waals surface area contributed by atoms with Gasteiger partial charge in [-0.05, 0) is 6.42 Å². The van der Waals surface area contributed by atoms with Gasteiger partial charge in [0.1, 0.15) is 0 Å². The number of nitrogens with zero attached hydrogens (tertiary/aromatic N) is 1. The number of rotatable bonds is 3. The average Bonchev–Trinajstić information content (AvgIpc) is 2.15. The summed E-state index contributed by atoms with van der Waals surface area (Å²) >= 11 is 0. The molecule has 0 N–H and O–H groups in total. The molecule has 0 aromatic heterocycles. The minimum absolute atomic E-state index is 0.119. The van der Waals surface area contributed by atoms with Crippen molar-refractivity contribution in [2.45, 2.75) is 6.42 Å². The largest absolute Gasteiger partial charge is 0.272 e. The van der Waals surface area contributed by atoms with Gasteiger partial charge in [-0.1, -0.05) is 18.2 Å². The van der Waals surface area contributed by atoms with Crippen LogP contribution in [-0.4, -0.2) is 4.92 Å². The van der Waals surface area contributed by atoms with Gasteiger partial charge in [0.05, 0.1) is 4.92 Å². The molecule has 0 bridgehead atoms. The average molecular weight is 174 g/mol. The first kappa shape index (κ1) is 9.27. The van der Waals surface area contributed by atoms with Crippen LogP contribution in [0.3, 0.4) is 0 Å². The summed E-state index contributed by atoms with van der Waals surface area (Å²) in [5, 5.41) is 10.5. The second-order valence-electron chi connectivity index (χ2n) is 2.46. The SMILES string of the molecule is C#C[CH]Cc1ccccc1[N+](=O)[O-]. The van der Waals surface area contributed by atoms with E-state index in [1.807, 2.05) is 0 Å². The van der Waals surface area contributed by atoms with E-state index < -0.39 is 4.92 Å². The zero-order valence-corrected chi connectivity index (χ0v) is 6.93. The molecule has 0 atom stereocenters. The predicted octanol–water partition coefficient (Wildman–Crippen LogP) is 1.97. The van der Waals surface area contributed by atoms with E-state index in [9.17, 15) is 10.1 Å². The maximum atomic E-state index is 10.5. The van der Waals surface area contributed by atoms with Gasteiger partial charge in [0.25, 0.3) is 5.69 Å². The van der Waals surface area contributed by atoms with E-state index in [1.165, 1.54) is 6.07 Å². The molecule has 0 spiro atoms. The fraction of sp³-hybridized carbons (Fsp3) is 0.100. The van der Waals surface area contributed by atoms with Crippen molar-refractivity contribution in [3.8, 4) is 12.3 Å². The normalized spacial score (nSPS) is 9.15. The van der Waals surface area contributed by atoms with Crippen LogP contribution in [0.5, 0.6) is 0 Å². The van der Waals surface area contributed by atoms with Crippen molar-refractivity contribution in [2.75, 3.05) is 0 Å². The molecule has 0 saturated heterocycles. The van der Waals surface area contributed by atoms with Crippen molar-refractivity contribution in [3.05, 3.63) is 46.4 Å². The first-order chi connectivity index (χ1) is 6.25. The summed E-state index contributed by atoms with van der Waals surface area (Å²) in [7, 11) is 0. The summed E-state index contributed by atoms with van der Waals surface area (Å²) in [5.74, 6) is 2.33. The topological polar surface area (TPSA) is 43.1 Å². The molecule has 1 radical (unpaired) electrons. The van der Waals surface area contributed by atoms with Crippen LogP contribution in [0, 0.1) is 28.9 Å². The standard InChI is InChI=1S/C10H8NO2/c1-2-3-6-9-7-4-5-8-10(9)11(12)13/h1,3-5,7-8H,6H2. The third kappa shape index (κ3) is 2.31. The highest BCUT2D eigenvalue weighted by Gasteiger charge is 2.10. The van der Waals surface area contributed by atoms with Crippen molar-refractivity contribution >= 4 is 5.69 Å². The molecule has 13 heavy (non-hydrogen) atoms. The van der Waals surface area contributed by atoms with Gasteiger partial charge in [-0.3, -0.25) is 10.1 Å². The second kappa shape index (κ2) is 4.27. The second-order valence-corrected chi connectivity index (χ2v) is 2.46. The third-order valence-corrected chi connectivity index (χ3v) is 1.63. The fourth-order valence-electron chi connectivity index (χ4n) is 1.03. The Kier molecular flexibility index (Phi) is 3.04. The molecule has 1 aromatic rings. The zero-order chi connectivity index (χ0) is 9.68. The van der Waals surface area contributed by atoms with E-state index in [2.05, 4.69) is 5.92 Å². The van der Waals surface area contributed by atoms with E-state index in [1.54, 1.807) is 24.6 Å². The number of para-hydroxylation sites is 1. The Labute approximate surface area is 76.5 Å². The van der Waals surface area contributed by atoms with Crippen LogP contribution >= 0.6 is 0 Å². The lowest BCUT2D eigenvalue weighted by Crippen LogP contribution is -1.94. The van der Waals surface area contributed by atoms with Crippen molar-refractivity contribution in [3.63, 3.8) is 0 Å². The van der Waals surface area contributed by atoms with Gasteiger partial charge < -0.3 is 0 Å². The fourth-order valence-corrected chi connectivity index (χ4v) is 1.03. The molecule has 1 aromatic carbocycles. The number of hydrogen-bond acceptors (Lipinski definition) is 2. The molecule has 0 aliphatic carbocycles. The van der Waals surface area contributed by atoms with E-state index in [-0.39, 0.29) is 5.69 Å². The zero-order valence-electron chi connectivity index (χ0n) is 6.93. The summed E-state index contributed by atoms with van der Waals surface area (Å²) in [6.07, 6.45) is 7.02. The van der Waals surface area contributed by atoms with E-state index in [0.717, 1.165) is 0 Å². The Hall–Kier alpha value is -1.82. The molecule has 0 fully saturated rings. The molecule has 65 valence electrons. The lowest BCUT2D eigenvalue weighted by Gasteiger charge is -1.98. The molecule has 3 nitrogen and oxygen atoms in total. The van der Waals surface area contributed by atoms with E-state index in [4.69, 9.17) is 6.42 Å². The van der Waals surface area contributed by atoms with Gasteiger partial charge in [0.15, 0.2) is 0 Å². The van der Waals surface area contributed by atoms with Crippen LogP contribution in [-0.2, 0) is 6.42 Å². The summed E-state index contributed by atoms with van der Waals surface area (Å²) in [5.41, 5.74) is 0.763. The van der Waals surface area contributed by atoms with Crippen molar-refractivity contribution < 1.29 is 4.92 Å². The van der Waals surface area contributed by atoms with Crippen LogP contribution in [0.4, 0.5) is 5.69 Å². The Balaban J connectivity index is 2.92. The van der Waals surface area contributed by atoms with Crippen LogP contribution < -0.4 is 0 Å². The lowest BCUT2D eigenvalue weighted by molar-refractivity contribution is -0.385. The lowest BCUT2D eigenvalue weighted by atomic mass is 10.1. The molecular weight excluding hydrogens is 166 g/mol. The van der Waals surface area contributed by atoms with Gasteiger partial charge in [-0.2, -0.15) is 0 Å². The van der Waals surface area contributed by atoms with Crippen LogP contribution in [0.25, 0.3) is 0 Å². The summed E-state index contributed by atoms with van der Waals surface area (Å²) in [4.78, 5) is 10.1. The maximum absolute atomic E-state index is 10.5. The highest BCUT2D eigenvalue weighted by molar-refractivity contribution is 5.41. The Bertz CT molecular complexity index is 352. The smallest absolute Gasteiger partial charge is 0.258 e. The number of nitro groups is 1. The maximum Gasteiger partial charge on any atom is 0.272 e. The van der Waals surface area contributed by atoms with Gasteiger partial charge in [0, 0.05) is 18.1 Å². The van der Waals surface area contributed by atoms with Gasteiger partial charge in [-0.25, -0.2) is 0 Å². The molecule has 3 heteroatoms. The number of nitro benzene ring substituents is 1. The van der Waals surface area contributed by atoms with Crippen molar-refractivity contribution in [2.24, 2.45) is 0 Å².